The SMILES string of the molecule is CCC(NC)c1cnn(CCCc2ccccc2)c1. The van der Waals surface area contributed by atoms with Gasteiger partial charge in [-0.3, -0.25) is 4.68 Å². The van der Waals surface area contributed by atoms with E-state index in [9.17, 15) is 0 Å². The monoisotopic (exact) mass is 257 g/mol. The van der Waals surface area contributed by atoms with Gasteiger partial charge in [0.15, 0.2) is 0 Å². The van der Waals surface area contributed by atoms with E-state index in [0.717, 1.165) is 25.8 Å². The molecule has 0 fully saturated rings. The summed E-state index contributed by atoms with van der Waals surface area (Å²) in [6.45, 7) is 3.17. The third kappa shape index (κ3) is 3.93. The summed E-state index contributed by atoms with van der Waals surface area (Å²) >= 11 is 0. The Morgan fingerprint density at radius 2 is 2.05 bits per heavy atom. The maximum absolute atomic E-state index is 4.44. The molecular weight excluding hydrogens is 234 g/mol. The molecule has 1 atom stereocenters. The van der Waals surface area contributed by atoms with Crippen molar-refractivity contribution in [2.24, 2.45) is 0 Å². The zero-order valence-corrected chi connectivity index (χ0v) is 11.8. The molecule has 19 heavy (non-hydrogen) atoms. The molecule has 102 valence electrons. The molecule has 1 aromatic carbocycles. The number of aryl methyl sites for hydroxylation is 2. The second-order valence-electron chi connectivity index (χ2n) is 4.88. The van der Waals surface area contributed by atoms with E-state index in [1.165, 1.54) is 11.1 Å². The Balaban J connectivity index is 1.83. The summed E-state index contributed by atoms with van der Waals surface area (Å²) in [5, 5.41) is 7.75. The topological polar surface area (TPSA) is 29.9 Å². The average molecular weight is 257 g/mol. The smallest absolute Gasteiger partial charge is 0.0537 e. The van der Waals surface area contributed by atoms with Gasteiger partial charge in [0.05, 0.1) is 6.20 Å². The standard InChI is InChI=1S/C16H23N3/c1-3-16(17-2)15-12-18-19(13-15)11-7-10-14-8-5-4-6-9-14/h4-6,8-9,12-13,16-17H,3,7,10-11H2,1-2H3. The van der Waals surface area contributed by atoms with Gasteiger partial charge in [-0.2, -0.15) is 5.10 Å². The van der Waals surface area contributed by atoms with Crippen LogP contribution in [0.25, 0.3) is 0 Å². The summed E-state index contributed by atoms with van der Waals surface area (Å²) in [4.78, 5) is 0. The van der Waals surface area contributed by atoms with Crippen LogP contribution in [0.1, 0.15) is 36.9 Å². The Morgan fingerprint density at radius 1 is 1.26 bits per heavy atom. The van der Waals surface area contributed by atoms with Gasteiger partial charge in [0.1, 0.15) is 0 Å². The summed E-state index contributed by atoms with van der Waals surface area (Å²) in [5.74, 6) is 0. The van der Waals surface area contributed by atoms with Crippen molar-refractivity contribution < 1.29 is 0 Å². The van der Waals surface area contributed by atoms with E-state index in [4.69, 9.17) is 0 Å². The third-order valence-corrected chi connectivity index (χ3v) is 3.51. The van der Waals surface area contributed by atoms with Gasteiger partial charge in [-0.25, -0.2) is 0 Å². The molecule has 0 amide bonds. The highest BCUT2D eigenvalue weighted by Gasteiger charge is 2.08. The molecule has 0 aliphatic heterocycles. The molecule has 3 heteroatoms. The van der Waals surface area contributed by atoms with E-state index in [2.05, 4.69) is 58.5 Å². The normalized spacial score (nSPS) is 12.5. The fourth-order valence-electron chi connectivity index (χ4n) is 2.38. The molecule has 3 nitrogen and oxygen atoms in total. The molecule has 0 radical (unpaired) electrons. The molecule has 1 N–H and O–H groups in total. The molecule has 0 saturated heterocycles. The Labute approximate surface area is 115 Å². The summed E-state index contributed by atoms with van der Waals surface area (Å²) < 4.78 is 2.05. The van der Waals surface area contributed by atoms with Crippen LogP contribution >= 0.6 is 0 Å². The molecule has 0 spiro atoms. The van der Waals surface area contributed by atoms with Gasteiger partial charge in [-0.05, 0) is 31.9 Å². The maximum Gasteiger partial charge on any atom is 0.0537 e. The van der Waals surface area contributed by atoms with Crippen molar-refractivity contribution in [1.29, 1.82) is 0 Å². The second kappa shape index (κ2) is 7.10. The number of rotatable bonds is 7. The van der Waals surface area contributed by atoms with Crippen LogP contribution in [0.4, 0.5) is 0 Å². The van der Waals surface area contributed by atoms with Gasteiger partial charge in [-0.1, -0.05) is 37.3 Å². The van der Waals surface area contributed by atoms with E-state index < -0.39 is 0 Å². The summed E-state index contributed by atoms with van der Waals surface area (Å²) in [5.41, 5.74) is 2.68. The van der Waals surface area contributed by atoms with Crippen molar-refractivity contribution >= 4 is 0 Å². The summed E-state index contributed by atoms with van der Waals surface area (Å²) in [7, 11) is 2.00. The third-order valence-electron chi connectivity index (χ3n) is 3.51. The highest BCUT2D eigenvalue weighted by atomic mass is 15.3. The van der Waals surface area contributed by atoms with Gasteiger partial charge in [0.25, 0.3) is 0 Å². The number of hydrogen-bond acceptors (Lipinski definition) is 2. The van der Waals surface area contributed by atoms with Crippen molar-refractivity contribution in [1.82, 2.24) is 15.1 Å². The predicted molar refractivity (Wildman–Crippen MR) is 79.1 cm³/mol. The van der Waals surface area contributed by atoms with Gasteiger partial charge in [0.2, 0.25) is 0 Å². The minimum atomic E-state index is 0.419. The van der Waals surface area contributed by atoms with E-state index in [1.54, 1.807) is 0 Å². The van der Waals surface area contributed by atoms with Crippen LogP contribution in [0.2, 0.25) is 0 Å². The lowest BCUT2D eigenvalue weighted by Gasteiger charge is -2.10. The maximum atomic E-state index is 4.44. The summed E-state index contributed by atoms with van der Waals surface area (Å²) in [6.07, 6.45) is 7.47. The molecule has 0 bridgehead atoms. The Kier molecular flexibility index (Phi) is 5.16. The first-order chi connectivity index (χ1) is 9.33. The quantitative estimate of drug-likeness (QED) is 0.825. The molecule has 2 aromatic rings. The van der Waals surface area contributed by atoms with Crippen molar-refractivity contribution in [2.75, 3.05) is 7.05 Å². The van der Waals surface area contributed by atoms with E-state index in [1.807, 2.05) is 13.2 Å². The average Bonchev–Trinajstić information content (AvgIpc) is 2.90. The number of nitrogens with zero attached hydrogens (tertiary/aromatic N) is 2. The van der Waals surface area contributed by atoms with Crippen molar-refractivity contribution in [3.63, 3.8) is 0 Å². The van der Waals surface area contributed by atoms with Gasteiger partial charge in [-0.15, -0.1) is 0 Å². The minimum absolute atomic E-state index is 0.419. The molecule has 1 aromatic heterocycles. The fraction of sp³-hybridized carbons (Fsp3) is 0.438. The van der Waals surface area contributed by atoms with Crippen molar-refractivity contribution in [3.8, 4) is 0 Å². The first kappa shape index (κ1) is 13.8. The Hall–Kier alpha value is -1.61. The van der Waals surface area contributed by atoms with Crippen LogP contribution in [0, 0.1) is 0 Å². The van der Waals surface area contributed by atoms with E-state index in [0.29, 0.717) is 6.04 Å². The van der Waals surface area contributed by atoms with Crippen LogP contribution in [0.3, 0.4) is 0 Å². The number of hydrogen-bond donors (Lipinski definition) is 1. The lowest BCUT2D eigenvalue weighted by atomic mass is 10.1. The number of nitrogens with one attached hydrogen (secondary N) is 1. The molecule has 0 aliphatic carbocycles. The molecule has 2 rings (SSSR count). The molecule has 1 heterocycles. The molecule has 0 saturated carbocycles. The van der Waals surface area contributed by atoms with Crippen LogP contribution in [0.15, 0.2) is 42.7 Å². The zero-order chi connectivity index (χ0) is 13.5. The second-order valence-corrected chi connectivity index (χ2v) is 4.88. The fourth-order valence-corrected chi connectivity index (χ4v) is 2.38. The van der Waals surface area contributed by atoms with Gasteiger partial charge >= 0.3 is 0 Å². The molecule has 1 unspecified atom stereocenters. The van der Waals surface area contributed by atoms with Crippen LogP contribution in [0.5, 0.6) is 0 Å². The molecular formula is C16H23N3. The minimum Gasteiger partial charge on any atom is -0.313 e. The lowest BCUT2D eigenvalue weighted by molar-refractivity contribution is 0.564. The number of aromatic nitrogens is 2. The Morgan fingerprint density at radius 3 is 2.74 bits per heavy atom. The predicted octanol–water partition coefficient (Wildman–Crippen LogP) is 3.19. The van der Waals surface area contributed by atoms with Crippen LogP contribution in [-0.4, -0.2) is 16.8 Å². The van der Waals surface area contributed by atoms with Crippen LogP contribution in [-0.2, 0) is 13.0 Å². The lowest BCUT2D eigenvalue weighted by Crippen LogP contribution is -2.14. The zero-order valence-electron chi connectivity index (χ0n) is 11.8. The highest BCUT2D eigenvalue weighted by Crippen LogP contribution is 2.15. The largest absolute Gasteiger partial charge is 0.313 e. The van der Waals surface area contributed by atoms with Crippen molar-refractivity contribution in [3.05, 3.63) is 53.9 Å². The molecule has 0 aliphatic rings. The first-order valence-corrected chi connectivity index (χ1v) is 7.07. The summed E-state index contributed by atoms with van der Waals surface area (Å²) in [6, 6.07) is 11.0. The number of benzene rings is 1. The van der Waals surface area contributed by atoms with Crippen molar-refractivity contribution in [2.45, 2.75) is 38.8 Å². The van der Waals surface area contributed by atoms with Crippen LogP contribution < -0.4 is 5.32 Å². The van der Waals surface area contributed by atoms with Gasteiger partial charge < -0.3 is 5.32 Å². The van der Waals surface area contributed by atoms with E-state index >= 15 is 0 Å². The first-order valence-electron chi connectivity index (χ1n) is 7.07. The van der Waals surface area contributed by atoms with E-state index in [-0.39, 0.29) is 0 Å². The van der Waals surface area contributed by atoms with Gasteiger partial charge in [0, 0.05) is 24.3 Å². The Bertz CT molecular complexity index is 472. The highest BCUT2D eigenvalue weighted by molar-refractivity contribution is 5.14.